The fourth-order valence-corrected chi connectivity index (χ4v) is 5.34. The number of likely N-dealkylation sites (N-methyl/N-ethyl adjacent to an activating group) is 1. The largest absolute Gasteiger partial charge is 0.358 e. The van der Waals surface area contributed by atoms with Gasteiger partial charge in [-0.15, -0.1) is 0 Å². The van der Waals surface area contributed by atoms with Crippen molar-refractivity contribution in [1.29, 1.82) is 0 Å². The second-order valence-corrected chi connectivity index (χ2v) is 10.1. The summed E-state index contributed by atoms with van der Waals surface area (Å²) in [7, 11) is 1.93. The molecule has 206 valence electrons. The number of anilines is 1. The molecule has 0 radical (unpaired) electrons. The number of rotatable bonds is 9. The lowest BCUT2D eigenvalue weighted by atomic mass is 10.00. The van der Waals surface area contributed by atoms with Crippen LogP contribution in [0.2, 0.25) is 0 Å². The third kappa shape index (κ3) is 5.22. The number of nitrogens with zero attached hydrogens (tertiary/aromatic N) is 3. The second kappa shape index (κ2) is 11.4. The lowest BCUT2D eigenvalue weighted by Gasteiger charge is -2.18. The molecule has 0 unspecified atom stereocenters. The Morgan fingerprint density at radius 1 is 1.05 bits per heavy atom. The molecule has 2 amide bonds. The first kappa shape index (κ1) is 27.1. The molecule has 1 aliphatic rings. The molecule has 2 aromatic carbocycles. The highest BCUT2D eigenvalue weighted by molar-refractivity contribution is 6.35. The van der Waals surface area contributed by atoms with Crippen LogP contribution in [0.25, 0.3) is 34.2 Å². The Bertz CT molecular complexity index is 1590. The lowest BCUT2D eigenvalue weighted by molar-refractivity contribution is -0.110. The maximum atomic E-state index is 13.0. The molecule has 0 fully saturated rings. The second-order valence-electron chi connectivity index (χ2n) is 10.1. The van der Waals surface area contributed by atoms with Gasteiger partial charge >= 0.3 is 0 Å². The minimum absolute atomic E-state index is 0.105. The van der Waals surface area contributed by atoms with E-state index in [-0.39, 0.29) is 11.8 Å². The fraction of sp³-hybridized carbons (Fsp3) is 0.281. The van der Waals surface area contributed by atoms with Gasteiger partial charge in [-0.3, -0.25) is 14.3 Å². The van der Waals surface area contributed by atoms with Gasteiger partial charge < -0.3 is 20.5 Å². The molecule has 0 atom stereocenters. The predicted molar refractivity (Wildman–Crippen MR) is 161 cm³/mol. The highest BCUT2D eigenvalue weighted by Gasteiger charge is 2.26. The molecular formula is C32H36N6O2. The maximum Gasteiger partial charge on any atom is 0.256 e. The van der Waals surface area contributed by atoms with Crippen molar-refractivity contribution < 1.29 is 9.59 Å². The highest BCUT2D eigenvalue weighted by Crippen LogP contribution is 2.37. The van der Waals surface area contributed by atoms with Gasteiger partial charge in [0, 0.05) is 53.9 Å². The van der Waals surface area contributed by atoms with Crippen molar-refractivity contribution in [2.45, 2.75) is 27.7 Å². The van der Waals surface area contributed by atoms with Crippen LogP contribution in [-0.2, 0) is 11.8 Å². The zero-order chi connectivity index (χ0) is 28.4. The van der Waals surface area contributed by atoms with Crippen LogP contribution in [0.15, 0.2) is 54.6 Å². The van der Waals surface area contributed by atoms with Crippen LogP contribution in [0, 0.1) is 13.8 Å². The van der Waals surface area contributed by atoms with E-state index in [1.807, 2.05) is 80.2 Å². The Labute approximate surface area is 235 Å². The van der Waals surface area contributed by atoms with Crippen molar-refractivity contribution in [3.8, 4) is 22.5 Å². The van der Waals surface area contributed by atoms with Gasteiger partial charge in [0.25, 0.3) is 11.8 Å². The van der Waals surface area contributed by atoms with Crippen molar-refractivity contribution in [2.24, 2.45) is 7.05 Å². The van der Waals surface area contributed by atoms with Gasteiger partial charge in [0.15, 0.2) is 0 Å². The number of amides is 2. The molecule has 8 heteroatoms. The molecule has 0 saturated heterocycles. The molecule has 40 heavy (non-hydrogen) atoms. The van der Waals surface area contributed by atoms with Gasteiger partial charge in [0.1, 0.15) is 0 Å². The summed E-state index contributed by atoms with van der Waals surface area (Å²) in [5.74, 6) is -0.272. The number of fused-ring (bicyclic) bond motifs is 1. The van der Waals surface area contributed by atoms with E-state index in [4.69, 9.17) is 5.10 Å². The lowest BCUT2D eigenvalue weighted by Crippen LogP contribution is -2.35. The smallest absolute Gasteiger partial charge is 0.256 e. The third-order valence-corrected chi connectivity index (χ3v) is 7.65. The minimum atomic E-state index is -0.168. The summed E-state index contributed by atoms with van der Waals surface area (Å²) < 4.78 is 1.86. The summed E-state index contributed by atoms with van der Waals surface area (Å²) in [4.78, 5) is 31.7. The van der Waals surface area contributed by atoms with E-state index in [1.54, 1.807) is 0 Å². The molecule has 0 aliphatic carbocycles. The number of carbonyl (C=O) groups excluding carboxylic acids is 2. The van der Waals surface area contributed by atoms with Crippen molar-refractivity contribution in [1.82, 2.24) is 25.0 Å². The first-order valence-electron chi connectivity index (χ1n) is 13.8. The average molecular weight is 537 g/mol. The summed E-state index contributed by atoms with van der Waals surface area (Å²) in [6, 6.07) is 18.1. The molecule has 0 bridgehead atoms. The van der Waals surface area contributed by atoms with Gasteiger partial charge in [-0.25, -0.2) is 0 Å². The van der Waals surface area contributed by atoms with Crippen molar-refractivity contribution in [3.05, 3.63) is 82.7 Å². The molecule has 1 aliphatic heterocycles. The molecule has 3 N–H and O–H groups in total. The summed E-state index contributed by atoms with van der Waals surface area (Å²) in [6.45, 7) is 11.3. The molecular weight excluding hydrogens is 500 g/mol. The van der Waals surface area contributed by atoms with E-state index < -0.39 is 0 Å². The highest BCUT2D eigenvalue weighted by atomic mass is 16.2. The van der Waals surface area contributed by atoms with Crippen LogP contribution in [0.3, 0.4) is 0 Å². The Morgan fingerprint density at radius 3 is 2.52 bits per heavy atom. The van der Waals surface area contributed by atoms with E-state index in [2.05, 4.69) is 40.4 Å². The standard InChI is InChI=1S/C32H36N6O2/c1-6-38(7-2)16-15-33-32(40)30-20(3)27(34-21(30)4)18-25-24-17-23(13-14-26(24)35-31(25)39)29-19-28(36-37(29)5)22-11-9-8-10-12-22/h8-14,17-19,34H,6-7,15-16H2,1-5H3,(H,33,40)(H,35,39). The summed E-state index contributed by atoms with van der Waals surface area (Å²) in [5, 5.41) is 10.7. The summed E-state index contributed by atoms with van der Waals surface area (Å²) in [6.07, 6.45) is 1.85. The normalized spacial score (nSPS) is 13.7. The van der Waals surface area contributed by atoms with E-state index in [1.165, 1.54) is 0 Å². The molecule has 4 aromatic rings. The van der Waals surface area contributed by atoms with E-state index >= 15 is 0 Å². The quantitative estimate of drug-likeness (QED) is 0.254. The monoisotopic (exact) mass is 536 g/mol. The number of aromatic amines is 1. The van der Waals surface area contributed by atoms with Gasteiger partial charge in [-0.2, -0.15) is 5.10 Å². The average Bonchev–Trinajstić information content (AvgIpc) is 3.59. The van der Waals surface area contributed by atoms with Crippen LogP contribution < -0.4 is 10.6 Å². The fourth-order valence-electron chi connectivity index (χ4n) is 5.34. The molecule has 2 aromatic heterocycles. The Morgan fingerprint density at radius 2 is 1.80 bits per heavy atom. The zero-order valence-corrected chi connectivity index (χ0v) is 23.8. The first-order chi connectivity index (χ1) is 19.3. The number of benzene rings is 2. The zero-order valence-electron chi connectivity index (χ0n) is 23.8. The van der Waals surface area contributed by atoms with Crippen LogP contribution in [-0.4, -0.2) is 57.7 Å². The van der Waals surface area contributed by atoms with E-state index in [0.717, 1.165) is 70.4 Å². The van der Waals surface area contributed by atoms with E-state index in [0.29, 0.717) is 17.7 Å². The molecule has 8 nitrogen and oxygen atoms in total. The Hall–Kier alpha value is -4.43. The van der Waals surface area contributed by atoms with Gasteiger partial charge in [-0.05, 0) is 56.8 Å². The summed E-state index contributed by atoms with van der Waals surface area (Å²) in [5.41, 5.74) is 8.98. The molecule has 0 saturated carbocycles. The topological polar surface area (TPSA) is 95.1 Å². The maximum absolute atomic E-state index is 13.0. The van der Waals surface area contributed by atoms with Crippen molar-refractivity contribution in [3.63, 3.8) is 0 Å². The predicted octanol–water partition coefficient (Wildman–Crippen LogP) is 5.26. The third-order valence-electron chi connectivity index (χ3n) is 7.65. The number of aryl methyl sites for hydroxylation is 2. The number of aromatic nitrogens is 3. The Kier molecular flexibility index (Phi) is 7.71. The van der Waals surface area contributed by atoms with Crippen LogP contribution in [0.4, 0.5) is 5.69 Å². The van der Waals surface area contributed by atoms with Crippen LogP contribution in [0.1, 0.15) is 46.7 Å². The number of nitrogens with one attached hydrogen (secondary N) is 3. The number of carbonyl (C=O) groups is 2. The van der Waals surface area contributed by atoms with Crippen LogP contribution in [0.5, 0.6) is 0 Å². The van der Waals surface area contributed by atoms with Crippen LogP contribution >= 0.6 is 0 Å². The molecule has 0 spiro atoms. The van der Waals surface area contributed by atoms with Gasteiger partial charge in [0.2, 0.25) is 0 Å². The van der Waals surface area contributed by atoms with Crippen molar-refractivity contribution in [2.75, 3.05) is 31.5 Å². The number of H-pyrrole nitrogens is 1. The molecule has 5 rings (SSSR count). The van der Waals surface area contributed by atoms with Crippen molar-refractivity contribution >= 4 is 29.2 Å². The van der Waals surface area contributed by atoms with Gasteiger partial charge in [-0.1, -0.05) is 50.2 Å². The van der Waals surface area contributed by atoms with Gasteiger partial charge in [0.05, 0.1) is 22.5 Å². The first-order valence-corrected chi connectivity index (χ1v) is 13.8. The number of hydrogen-bond acceptors (Lipinski definition) is 4. The number of hydrogen-bond donors (Lipinski definition) is 3. The Balaban J connectivity index is 1.43. The van der Waals surface area contributed by atoms with E-state index in [9.17, 15) is 9.59 Å². The summed E-state index contributed by atoms with van der Waals surface area (Å²) >= 11 is 0. The SMILES string of the molecule is CCN(CC)CCNC(=O)c1c(C)[nH]c(C=C2C(=O)Nc3ccc(-c4cc(-c5ccccc5)nn4C)cc32)c1C. The molecule has 3 heterocycles. The minimum Gasteiger partial charge on any atom is -0.358 e.